The van der Waals surface area contributed by atoms with Crippen LogP contribution in [0.2, 0.25) is 0 Å². The minimum atomic E-state index is -3.61. The first-order valence-electron chi connectivity index (χ1n) is 8.64. The van der Waals surface area contributed by atoms with Gasteiger partial charge in [0.05, 0.1) is 17.2 Å². The maximum Gasteiger partial charge on any atom is 0.252 e. The molecule has 0 radical (unpaired) electrons. The van der Waals surface area contributed by atoms with E-state index in [0.29, 0.717) is 13.0 Å². The zero-order chi connectivity index (χ0) is 20.1. The molecule has 0 fully saturated rings. The number of likely N-dealkylation sites (N-methyl/N-ethyl adjacent to an activating group) is 1. The molecule has 2 heterocycles. The van der Waals surface area contributed by atoms with E-state index in [1.165, 1.54) is 13.1 Å². The average molecular weight is 436 g/mol. The predicted octanol–water partition coefficient (Wildman–Crippen LogP) is 3.16. The Bertz CT molecular complexity index is 1030. The van der Waals surface area contributed by atoms with Crippen LogP contribution in [0.5, 0.6) is 0 Å². The highest BCUT2D eigenvalue weighted by molar-refractivity contribution is 7.91. The van der Waals surface area contributed by atoms with Gasteiger partial charge in [-0.05, 0) is 30.4 Å². The highest BCUT2D eigenvalue weighted by Gasteiger charge is 2.23. The molecule has 6 nitrogen and oxygen atoms in total. The molecule has 2 aromatic heterocycles. The molecule has 0 saturated heterocycles. The summed E-state index contributed by atoms with van der Waals surface area (Å²) in [4.78, 5) is 16.6. The van der Waals surface area contributed by atoms with Gasteiger partial charge in [-0.25, -0.2) is 13.4 Å². The summed E-state index contributed by atoms with van der Waals surface area (Å²) in [5.41, 5.74) is 3.13. The van der Waals surface area contributed by atoms with Crippen LogP contribution in [-0.2, 0) is 21.2 Å². The summed E-state index contributed by atoms with van der Waals surface area (Å²) in [6.45, 7) is 2.22. The van der Waals surface area contributed by atoms with Crippen molar-refractivity contribution in [2.45, 2.75) is 17.6 Å². The van der Waals surface area contributed by atoms with Gasteiger partial charge in [0.2, 0.25) is 5.91 Å². The Morgan fingerprint density at radius 1 is 1.18 bits per heavy atom. The van der Waals surface area contributed by atoms with Gasteiger partial charge in [0, 0.05) is 24.5 Å². The highest BCUT2D eigenvalue weighted by Crippen LogP contribution is 2.22. The van der Waals surface area contributed by atoms with Gasteiger partial charge < -0.3 is 5.32 Å². The number of hydrogen-bond donors (Lipinski definition) is 1. The molecule has 1 aromatic carbocycles. The molecule has 0 atom stereocenters. The fraction of sp³-hybridized carbons (Fsp3) is 0.263. The molecular formula is C19H21N3O3S3. The molecule has 3 rings (SSSR count). The predicted molar refractivity (Wildman–Crippen MR) is 113 cm³/mol. The van der Waals surface area contributed by atoms with E-state index < -0.39 is 10.0 Å². The van der Waals surface area contributed by atoms with Gasteiger partial charge >= 0.3 is 0 Å². The van der Waals surface area contributed by atoms with Crippen molar-refractivity contribution in [3.8, 4) is 11.3 Å². The average Bonchev–Trinajstić information content (AvgIpc) is 3.34. The molecule has 1 N–H and O–H groups in total. The first-order valence-corrected chi connectivity index (χ1v) is 11.8. The van der Waals surface area contributed by atoms with Gasteiger partial charge in [0.15, 0.2) is 0 Å². The molecule has 0 spiro atoms. The Morgan fingerprint density at radius 3 is 2.54 bits per heavy atom. The minimum absolute atomic E-state index is 0.206. The van der Waals surface area contributed by atoms with E-state index in [1.54, 1.807) is 22.8 Å². The third-order valence-corrected chi connectivity index (χ3v) is 8.08. The van der Waals surface area contributed by atoms with Crippen molar-refractivity contribution in [3.05, 3.63) is 57.7 Å². The summed E-state index contributed by atoms with van der Waals surface area (Å²) >= 11 is 2.76. The van der Waals surface area contributed by atoms with Crippen LogP contribution >= 0.6 is 22.7 Å². The second kappa shape index (κ2) is 8.95. The second-order valence-corrected chi connectivity index (χ2v) is 10.5. The van der Waals surface area contributed by atoms with Gasteiger partial charge in [-0.15, -0.1) is 22.7 Å². The van der Waals surface area contributed by atoms with Crippen LogP contribution in [-0.4, -0.2) is 43.8 Å². The van der Waals surface area contributed by atoms with E-state index in [9.17, 15) is 13.2 Å². The molecule has 0 saturated carbocycles. The van der Waals surface area contributed by atoms with Crippen LogP contribution in [0.4, 0.5) is 0 Å². The molecule has 0 unspecified atom stereocenters. The normalized spacial score (nSPS) is 11.7. The molecule has 1 amide bonds. The van der Waals surface area contributed by atoms with E-state index in [2.05, 4.69) is 10.3 Å². The minimum Gasteiger partial charge on any atom is -0.355 e. The SMILES string of the molecule is Cc1nc(-c2ccc(CCNC(=O)CN(C)S(=O)(=O)c3cccs3)cc2)cs1. The van der Waals surface area contributed by atoms with Crippen LogP contribution in [0.15, 0.2) is 51.4 Å². The quantitative estimate of drug-likeness (QED) is 0.589. The first kappa shape index (κ1) is 20.7. The maximum atomic E-state index is 12.3. The number of sulfonamides is 1. The largest absolute Gasteiger partial charge is 0.355 e. The number of nitrogens with zero attached hydrogens (tertiary/aromatic N) is 2. The van der Waals surface area contributed by atoms with Crippen molar-refractivity contribution < 1.29 is 13.2 Å². The lowest BCUT2D eigenvalue weighted by atomic mass is 10.1. The van der Waals surface area contributed by atoms with Crippen molar-refractivity contribution in [1.82, 2.24) is 14.6 Å². The summed E-state index contributed by atoms with van der Waals surface area (Å²) in [6.07, 6.45) is 0.670. The second-order valence-electron chi connectivity index (χ2n) is 6.24. The number of nitrogens with one attached hydrogen (secondary N) is 1. The van der Waals surface area contributed by atoms with Crippen molar-refractivity contribution in [3.63, 3.8) is 0 Å². The number of aromatic nitrogens is 1. The lowest BCUT2D eigenvalue weighted by Gasteiger charge is -2.15. The molecule has 3 aromatic rings. The lowest BCUT2D eigenvalue weighted by molar-refractivity contribution is -0.121. The van der Waals surface area contributed by atoms with Crippen molar-refractivity contribution >= 4 is 38.6 Å². The summed E-state index contributed by atoms with van der Waals surface area (Å²) in [5.74, 6) is -0.322. The number of thiophene rings is 1. The standard InChI is InChI=1S/C19H21N3O3S3/c1-14-21-17(13-27-14)16-7-5-15(6-8-16)9-10-20-18(23)12-22(2)28(24,25)19-4-3-11-26-19/h3-8,11,13H,9-10,12H2,1-2H3,(H,20,23). The molecule has 0 aliphatic carbocycles. The number of carbonyl (C=O) groups excluding carboxylic acids is 1. The first-order chi connectivity index (χ1) is 13.4. The number of aryl methyl sites for hydroxylation is 1. The lowest BCUT2D eigenvalue weighted by Crippen LogP contribution is -2.38. The van der Waals surface area contributed by atoms with E-state index in [-0.39, 0.29) is 16.7 Å². The Morgan fingerprint density at radius 2 is 1.93 bits per heavy atom. The molecule has 0 aliphatic heterocycles. The van der Waals surface area contributed by atoms with Crippen molar-refractivity contribution in [1.29, 1.82) is 0 Å². The van der Waals surface area contributed by atoms with Gasteiger partial charge in [-0.3, -0.25) is 4.79 Å². The summed E-state index contributed by atoms with van der Waals surface area (Å²) in [7, 11) is -2.20. The Kier molecular flexibility index (Phi) is 6.61. The fourth-order valence-electron chi connectivity index (χ4n) is 2.59. The monoisotopic (exact) mass is 435 g/mol. The van der Waals surface area contributed by atoms with Crippen LogP contribution in [0.25, 0.3) is 11.3 Å². The van der Waals surface area contributed by atoms with E-state index in [1.807, 2.05) is 36.6 Å². The molecular weight excluding hydrogens is 414 g/mol. The summed E-state index contributed by atoms with van der Waals surface area (Å²) in [5, 5.41) is 7.54. The van der Waals surface area contributed by atoms with Crippen LogP contribution in [0.3, 0.4) is 0 Å². The summed E-state index contributed by atoms with van der Waals surface area (Å²) in [6, 6.07) is 11.3. The number of carbonyl (C=O) groups is 1. The van der Waals surface area contributed by atoms with Crippen LogP contribution in [0.1, 0.15) is 10.6 Å². The van der Waals surface area contributed by atoms with Crippen molar-refractivity contribution in [2.75, 3.05) is 20.1 Å². The Balaban J connectivity index is 1.47. The number of hydrogen-bond acceptors (Lipinski definition) is 6. The highest BCUT2D eigenvalue weighted by atomic mass is 32.2. The number of benzene rings is 1. The Labute approximate surface area is 172 Å². The Hall–Kier alpha value is -2.07. The number of thiazole rings is 1. The fourth-order valence-corrected chi connectivity index (χ4v) is 5.54. The number of rotatable bonds is 8. The van der Waals surface area contributed by atoms with Crippen LogP contribution in [0, 0.1) is 6.92 Å². The van der Waals surface area contributed by atoms with E-state index in [4.69, 9.17) is 0 Å². The third-order valence-electron chi connectivity index (χ3n) is 4.13. The van der Waals surface area contributed by atoms with Gasteiger partial charge in [-0.1, -0.05) is 30.3 Å². The van der Waals surface area contributed by atoms with E-state index >= 15 is 0 Å². The smallest absolute Gasteiger partial charge is 0.252 e. The number of amides is 1. The zero-order valence-corrected chi connectivity index (χ0v) is 18.0. The van der Waals surface area contributed by atoms with Gasteiger partial charge in [-0.2, -0.15) is 4.31 Å². The molecule has 0 bridgehead atoms. The molecule has 0 aliphatic rings. The van der Waals surface area contributed by atoms with Gasteiger partial charge in [0.1, 0.15) is 4.21 Å². The third kappa shape index (κ3) is 5.05. The van der Waals surface area contributed by atoms with Gasteiger partial charge in [0.25, 0.3) is 10.0 Å². The van der Waals surface area contributed by atoms with Crippen LogP contribution < -0.4 is 5.32 Å². The molecule has 148 valence electrons. The molecule has 9 heteroatoms. The maximum absolute atomic E-state index is 12.3. The van der Waals surface area contributed by atoms with E-state index in [0.717, 1.165) is 37.5 Å². The topological polar surface area (TPSA) is 79.4 Å². The summed E-state index contributed by atoms with van der Waals surface area (Å²) < 4.78 is 26.0. The van der Waals surface area contributed by atoms with Crippen molar-refractivity contribution in [2.24, 2.45) is 0 Å². The molecule has 28 heavy (non-hydrogen) atoms. The zero-order valence-electron chi connectivity index (χ0n) is 15.6.